The predicted octanol–water partition coefficient (Wildman–Crippen LogP) is 2.40. The van der Waals surface area contributed by atoms with Gasteiger partial charge in [-0.3, -0.25) is 9.48 Å². The molecule has 1 aromatic rings. The summed E-state index contributed by atoms with van der Waals surface area (Å²) in [6.07, 6.45) is 2.82. The number of nitrogens with one attached hydrogen (secondary N) is 2. The highest BCUT2D eigenvalue weighted by molar-refractivity contribution is 5.97. The van der Waals surface area contributed by atoms with E-state index in [-0.39, 0.29) is 11.8 Å². The van der Waals surface area contributed by atoms with E-state index in [4.69, 9.17) is 0 Å². The predicted molar refractivity (Wildman–Crippen MR) is 77.3 cm³/mol. The Morgan fingerprint density at radius 2 is 2.21 bits per heavy atom. The van der Waals surface area contributed by atoms with Crippen LogP contribution in [0.4, 0.5) is 11.5 Å². The number of fused-ring (bicyclic) bond motifs is 1. The second-order valence-electron chi connectivity index (χ2n) is 5.74. The lowest BCUT2D eigenvalue weighted by Crippen LogP contribution is -2.27. The van der Waals surface area contributed by atoms with Crippen LogP contribution in [0.2, 0.25) is 0 Å². The highest BCUT2D eigenvalue weighted by Gasteiger charge is 2.27. The summed E-state index contributed by atoms with van der Waals surface area (Å²) >= 11 is 0. The number of aromatic nitrogens is 2. The maximum Gasteiger partial charge on any atom is 0.229 e. The van der Waals surface area contributed by atoms with Gasteiger partial charge < -0.3 is 10.6 Å². The zero-order chi connectivity index (χ0) is 14.0. The molecule has 0 saturated carbocycles. The van der Waals surface area contributed by atoms with Gasteiger partial charge in [0, 0.05) is 13.6 Å². The van der Waals surface area contributed by atoms with Crippen LogP contribution in [-0.4, -0.2) is 22.2 Å². The first-order valence-electron chi connectivity index (χ1n) is 7.13. The fourth-order valence-corrected chi connectivity index (χ4v) is 2.62. The quantitative estimate of drug-likeness (QED) is 0.878. The van der Waals surface area contributed by atoms with E-state index < -0.39 is 0 Å². The number of rotatable bonds is 4. The van der Waals surface area contributed by atoms with E-state index >= 15 is 0 Å². The van der Waals surface area contributed by atoms with Crippen molar-refractivity contribution in [1.82, 2.24) is 9.78 Å². The minimum Gasteiger partial charge on any atom is -0.368 e. The van der Waals surface area contributed by atoms with E-state index in [1.54, 1.807) is 0 Å². The second-order valence-corrected chi connectivity index (χ2v) is 5.74. The Balaban J connectivity index is 2.24. The molecule has 0 saturated heterocycles. The first-order valence-corrected chi connectivity index (χ1v) is 7.13. The van der Waals surface area contributed by atoms with Crippen LogP contribution in [0.5, 0.6) is 0 Å². The van der Waals surface area contributed by atoms with E-state index in [2.05, 4.69) is 36.5 Å². The van der Waals surface area contributed by atoms with Crippen LogP contribution in [0.15, 0.2) is 0 Å². The van der Waals surface area contributed by atoms with E-state index in [1.807, 2.05) is 11.7 Å². The number of carbonyl (C=O) groups is 1. The Kier molecular flexibility index (Phi) is 4.12. The number of aryl methyl sites for hydroxylation is 2. The topological polar surface area (TPSA) is 59.0 Å². The largest absolute Gasteiger partial charge is 0.368 e. The number of hydrogen-bond acceptors (Lipinski definition) is 3. The molecule has 0 radical (unpaired) electrons. The highest BCUT2D eigenvalue weighted by Crippen LogP contribution is 2.30. The Labute approximate surface area is 114 Å². The van der Waals surface area contributed by atoms with Crippen LogP contribution in [0.3, 0.4) is 0 Å². The first kappa shape index (κ1) is 13.9. The first-order chi connectivity index (χ1) is 9.02. The number of nitrogens with zero attached hydrogens (tertiary/aromatic N) is 2. The monoisotopic (exact) mass is 264 g/mol. The molecule has 5 nitrogen and oxygen atoms in total. The Hall–Kier alpha value is -1.52. The van der Waals surface area contributed by atoms with Gasteiger partial charge in [-0.15, -0.1) is 0 Å². The van der Waals surface area contributed by atoms with Crippen molar-refractivity contribution < 1.29 is 4.79 Å². The van der Waals surface area contributed by atoms with Gasteiger partial charge >= 0.3 is 0 Å². The van der Waals surface area contributed by atoms with Crippen LogP contribution in [0, 0.1) is 11.8 Å². The van der Waals surface area contributed by atoms with Crippen LogP contribution >= 0.6 is 0 Å². The Bertz CT molecular complexity index is 464. The van der Waals surface area contributed by atoms with Gasteiger partial charge in [0.1, 0.15) is 11.5 Å². The highest BCUT2D eigenvalue weighted by atomic mass is 16.2. The summed E-state index contributed by atoms with van der Waals surface area (Å²) in [5, 5.41) is 10.9. The molecular weight excluding hydrogens is 240 g/mol. The molecule has 2 rings (SSSR count). The molecule has 19 heavy (non-hydrogen) atoms. The summed E-state index contributed by atoms with van der Waals surface area (Å²) in [6.45, 7) is 7.10. The third kappa shape index (κ3) is 2.91. The lowest BCUT2D eigenvalue weighted by molar-refractivity contribution is -0.119. The molecule has 1 atom stereocenters. The van der Waals surface area contributed by atoms with Gasteiger partial charge in [0.05, 0.1) is 11.6 Å². The number of hydrogen-bond donors (Lipinski definition) is 2. The number of carbonyl (C=O) groups excluding carboxylic acids is 1. The van der Waals surface area contributed by atoms with Gasteiger partial charge in [0.15, 0.2) is 0 Å². The molecule has 1 aliphatic rings. The van der Waals surface area contributed by atoms with E-state index in [0.717, 1.165) is 36.5 Å². The van der Waals surface area contributed by atoms with E-state index in [0.29, 0.717) is 12.5 Å². The van der Waals surface area contributed by atoms with Gasteiger partial charge in [-0.2, -0.15) is 5.10 Å². The maximum absolute atomic E-state index is 12.3. The van der Waals surface area contributed by atoms with Gasteiger partial charge in [-0.05, 0) is 18.8 Å². The summed E-state index contributed by atoms with van der Waals surface area (Å²) in [7, 11) is 1.92. The Morgan fingerprint density at radius 1 is 1.47 bits per heavy atom. The van der Waals surface area contributed by atoms with Crippen LogP contribution in [0.25, 0.3) is 0 Å². The lowest BCUT2D eigenvalue weighted by Gasteiger charge is -2.15. The summed E-state index contributed by atoms with van der Waals surface area (Å²) in [5.74, 6) is 1.60. The maximum atomic E-state index is 12.3. The molecule has 1 unspecified atom stereocenters. The molecule has 1 aromatic heterocycles. The van der Waals surface area contributed by atoms with Crippen LogP contribution in [0.1, 0.15) is 39.3 Å². The van der Waals surface area contributed by atoms with Crippen molar-refractivity contribution in [3.05, 3.63) is 5.69 Å². The van der Waals surface area contributed by atoms with Crippen LogP contribution in [-0.2, 0) is 18.3 Å². The molecule has 0 bridgehead atoms. The standard InChI is InChI=1S/C14H24N4O/c1-5-6-11-12-13(18(4)17-11)15-8-10(7-9(2)3)14(19)16-12/h9-10,15H,5-8H2,1-4H3,(H,16,19). The van der Waals surface area contributed by atoms with Crippen molar-refractivity contribution in [2.75, 3.05) is 17.2 Å². The summed E-state index contributed by atoms with van der Waals surface area (Å²) < 4.78 is 1.83. The molecule has 0 aromatic carbocycles. The van der Waals surface area contributed by atoms with Gasteiger partial charge in [-0.25, -0.2) is 0 Å². The van der Waals surface area contributed by atoms with Crippen molar-refractivity contribution in [3.8, 4) is 0 Å². The summed E-state index contributed by atoms with van der Waals surface area (Å²) in [4.78, 5) is 12.3. The zero-order valence-corrected chi connectivity index (χ0v) is 12.3. The number of amides is 1. The Morgan fingerprint density at radius 3 is 2.84 bits per heavy atom. The molecule has 2 heterocycles. The zero-order valence-electron chi connectivity index (χ0n) is 12.3. The summed E-state index contributed by atoms with van der Waals surface area (Å²) in [5.41, 5.74) is 1.85. The van der Waals surface area contributed by atoms with Crippen molar-refractivity contribution in [2.45, 2.75) is 40.0 Å². The normalized spacial score (nSPS) is 18.8. The van der Waals surface area contributed by atoms with Crippen molar-refractivity contribution in [3.63, 3.8) is 0 Å². The molecular formula is C14H24N4O. The fraction of sp³-hybridized carbons (Fsp3) is 0.714. The molecule has 2 N–H and O–H groups in total. The molecule has 1 amide bonds. The minimum absolute atomic E-state index is 0.0295. The third-order valence-electron chi connectivity index (χ3n) is 3.50. The molecule has 106 valence electrons. The molecule has 0 spiro atoms. The lowest BCUT2D eigenvalue weighted by atomic mass is 9.96. The second kappa shape index (κ2) is 5.63. The SMILES string of the molecule is CCCc1nn(C)c2c1NC(=O)C(CC(C)C)CN2. The average molecular weight is 264 g/mol. The molecule has 5 heteroatoms. The van der Waals surface area contributed by atoms with Gasteiger partial charge in [0.2, 0.25) is 5.91 Å². The average Bonchev–Trinajstić information content (AvgIpc) is 2.52. The van der Waals surface area contributed by atoms with Crippen LogP contribution < -0.4 is 10.6 Å². The van der Waals surface area contributed by atoms with Crippen molar-refractivity contribution in [1.29, 1.82) is 0 Å². The fourth-order valence-electron chi connectivity index (χ4n) is 2.62. The molecule has 0 fully saturated rings. The minimum atomic E-state index is 0.0295. The number of anilines is 2. The van der Waals surface area contributed by atoms with Gasteiger partial charge in [0.25, 0.3) is 0 Å². The summed E-state index contributed by atoms with van der Waals surface area (Å²) in [6, 6.07) is 0. The molecule has 0 aliphatic carbocycles. The molecule has 1 aliphatic heterocycles. The van der Waals surface area contributed by atoms with E-state index in [9.17, 15) is 4.79 Å². The smallest absolute Gasteiger partial charge is 0.229 e. The van der Waals surface area contributed by atoms with Crippen molar-refractivity contribution in [2.24, 2.45) is 18.9 Å². The van der Waals surface area contributed by atoms with Crippen molar-refractivity contribution >= 4 is 17.4 Å². The third-order valence-corrected chi connectivity index (χ3v) is 3.50. The van der Waals surface area contributed by atoms with Gasteiger partial charge in [-0.1, -0.05) is 27.2 Å². The van der Waals surface area contributed by atoms with E-state index in [1.165, 1.54) is 0 Å².